The largest absolute Gasteiger partial charge is 0.395 e. The molecule has 0 aliphatic carbocycles. The molecule has 116 valence electrons. The predicted octanol–water partition coefficient (Wildman–Crippen LogP) is 0.452. The van der Waals surface area contributed by atoms with Crippen LogP contribution in [0.25, 0.3) is 0 Å². The van der Waals surface area contributed by atoms with E-state index in [9.17, 15) is 12.8 Å². The normalized spacial score (nSPS) is 10.8. The molecular weight excluding hydrogens is 299 g/mol. The molecule has 1 aromatic rings. The predicted molar refractivity (Wildman–Crippen MR) is 77.4 cm³/mol. The van der Waals surface area contributed by atoms with Crippen molar-refractivity contribution in [2.45, 2.75) is 6.42 Å². The van der Waals surface area contributed by atoms with Crippen molar-refractivity contribution in [1.29, 1.82) is 0 Å². The van der Waals surface area contributed by atoms with Crippen molar-refractivity contribution in [1.82, 2.24) is 4.72 Å². The van der Waals surface area contributed by atoms with E-state index < -0.39 is 16.0 Å². The van der Waals surface area contributed by atoms with Crippen LogP contribution in [0.3, 0.4) is 0 Å². The number of methoxy groups -OCH3 is 1. The third kappa shape index (κ3) is 6.55. The molecule has 6 nitrogen and oxygen atoms in total. The first-order valence-corrected chi connectivity index (χ1v) is 7.62. The van der Waals surface area contributed by atoms with Gasteiger partial charge in [0.2, 0.25) is 0 Å². The molecule has 1 rings (SSSR count). The molecule has 0 saturated carbocycles. The van der Waals surface area contributed by atoms with Crippen LogP contribution in [0.15, 0.2) is 18.2 Å². The SMILES string of the molecule is COCCNS(=O)(=O)Nc1ccc(C#CCCO)cc1F. The molecule has 0 unspecified atom stereocenters. The molecule has 0 aliphatic heterocycles. The highest BCUT2D eigenvalue weighted by molar-refractivity contribution is 7.90. The molecule has 0 fully saturated rings. The monoisotopic (exact) mass is 316 g/mol. The Balaban J connectivity index is 2.75. The number of aliphatic hydroxyl groups excluding tert-OH is 1. The lowest BCUT2D eigenvalue weighted by atomic mass is 10.2. The van der Waals surface area contributed by atoms with Crippen molar-refractivity contribution in [3.8, 4) is 11.8 Å². The van der Waals surface area contributed by atoms with Gasteiger partial charge < -0.3 is 9.84 Å². The maximum atomic E-state index is 13.8. The van der Waals surface area contributed by atoms with Crippen molar-refractivity contribution >= 4 is 15.9 Å². The summed E-state index contributed by atoms with van der Waals surface area (Å²) in [6, 6.07) is 3.89. The van der Waals surface area contributed by atoms with Crippen molar-refractivity contribution in [2.75, 3.05) is 31.6 Å². The maximum absolute atomic E-state index is 13.8. The van der Waals surface area contributed by atoms with Gasteiger partial charge in [0, 0.05) is 25.6 Å². The van der Waals surface area contributed by atoms with Crippen LogP contribution in [0.5, 0.6) is 0 Å². The fraction of sp³-hybridized carbons (Fsp3) is 0.385. The van der Waals surface area contributed by atoms with E-state index in [0.29, 0.717) is 12.0 Å². The van der Waals surface area contributed by atoms with Gasteiger partial charge in [-0.3, -0.25) is 4.72 Å². The zero-order valence-corrected chi connectivity index (χ0v) is 12.3. The van der Waals surface area contributed by atoms with Crippen LogP contribution in [0, 0.1) is 17.7 Å². The van der Waals surface area contributed by atoms with Crippen LogP contribution >= 0.6 is 0 Å². The number of benzene rings is 1. The van der Waals surface area contributed by atoms with Gasteiger partial charge in [-0.2, -0.15) is 13.1 Å². The summed E-state index contributed by atoms with van der Waals surface area (Å²) in [6.45, 7) is 0.224. The molecule has 1 aromatic carbocycles. The highest BCUT2D eigenvalue weighted by Gasteiger charge is 2.12. The molecule has 0 amide bonds. The van der Waals surface area contributed by atoms with Gasteiger partial charge in [-0.15, -0.1) is 0 Å². The van der Waals surface area contributed by atoms with E-state index >= 15 is 0 Å². The van der Waals surface area contributed by atoms with Gasteiger partial charge in [0.15, 0.2) is 0 Å². The topological polar surface area (TPSA) is 87.7 Å². The Kier molecular flexibility index (Phi) is 7.11. The molecule has 0 spiro atoms. The average molecular weight is 316 g/mol. The van der Waals surface area contributed by atoms with Gasteiger partial charge in [0.1, 0.15) is 5.82 Å². The molecule has 21 heavy (non-hydrogen) atoms. The second-order valence-corrected chi connectivity index (χ2v) is 5.46. The van der Waals surface area contributed by atoms with Crippen LogP contribution in [0.1, 0.15) is 12.0 Å². The van der Waals surface area contributed by atoms with Crippen LogP contribution in [0.2, 0.25) is 0 Å². The van der Waals surface area contributed by atoms with Crippen LogP contribution < -0.4 is 9.44 Å². The number of halogens is 1. The van der Waals surface area contributed by atoms with Gasteiger partial charge in [-0.05, 0) is 18.2 Å². The van der Waals surface area contributed by atoms with Crippen molar-refractivity contribution in [3.63, 3.8) is 0 Å². The van der Waals surface area contributed by atoms with E-state index in [1.165, 1.54) is 19.2 Å². The summed E-state index contributed by atoms with van der Waals surface area (Å²) in [7, 11) is -2.41. The van der Waals surface area contributed by atoms with Gasteiger partial charge in [0.05, 0.1) is 18.9 Å². The number of aliphatic hydroxyl groups is 1. The fourth-order valence-electron chi connectivity index (χ4n) is 1.36. The molecule has 0 aliphatic rings. The molecule has 0 aromatic heterocycles. The van der Waals surface area contributed by atoms with E-state index in [4.69, 9.17) is 9.84 Å². The zero-order valence-electron chi connectivity index (χ0n) is 11.5. The van der Waals surface area contributed by atoms with E-state index in [1.807, 2.05) is 0 Å². The number of hydrogen-bond acceptors (Lipinski definition) is 4. The van der Waals surface area contributed by atoms with E-state index in [0.717, 1.165) is 6.07 Å². The lowest BCUT2D eigenvalue weighted by Gasteiger charge is -2.09. The molecule has 0 atom stereocenters. The molecule has 3 N–H and O–H groups in total. The second kappa shape index (κ2) is 8.59. The van der Waals surface area contributed by atoms with E-state index in [-0.39, 0.29) is 25.4 Å². The zero-order chi connectivity index (χ0) is 15.7. The molecule has 0 radical (unpaired) electrons. The number of rotatable bonds is 7. The second-order valence-electron chi connectivity index (χ2n) is 3.96. The summed E-state index contributed by atoms with van der Waals surface area (Å²) in [5.41, 5.74) is 0.226. The summed E-state index contributed by atoms with van der Waals surface area (Å²) in [5.74, 6) is 4.57. The number of ether oxygens (including phenoxy) is 1. The van der Waals surface area contributed by atoms with E-state index in [2.05, 4.69) is 21.3 Å². The van der Waals surface area contributed by atoms with Gasteiger partial charge in [-0.25, -0.2) is 4.39 Å². The molecule has 0 bridgehead atoms. The Morgan fingerprint density at radius 2 is 2.19 bits per heavy atom. The highest BCUT2D eigenvalue weighted by Crippen LogP contribution is 2.16. The lowest BCUT2D eigenvalue weighted by Crippen LogP contribution is -2.32. The maximum Gasteiger partial charge on any atom is 0.299 e. The van der Waals surface area contributed by atoms with E-state index in [1.54, 1.807) is 0 Å². The Morgan fingerprint density at radius 3 is 2.81 bits per heavy atom. The minimum Gasteiger partial charge on any atom is -0.395 e. The summed E-state index contributed by atoms with van der Waals surface area (Å²) in [4.78, 5) is 0. The van der Waals surface area contributed by atoms with Crippen molar-refractivity contribution in [3.05, 3.63) is 29.6 Å². The number of hydrogen-bond donors (Lipinski definition) is 3. The van der Waals surface area contributed by atoms with Crippen LogP contribution in [-0.4, -0.2) is 40.4 Å². The Bertz CT molecular complexity index is 623. The third-order valence-corrected chi connectivity index (χ3v) is 3.35. The Morgan fingerprint density at radius 1 is 1.43 bits per heavy atom. The van der Waals surface area contributed by atoms with Crippen molar-refractivity contribution in [2.24, 2.45) is 0 Å². The first kappa shape index (κ1) is 17.4. The first-order chi connectivity index (χ1) is 9.98. The van der Waals surface area contributed by atoms with Crippen LogP contribution in [0.4, 0.5) is 10.1 Å². The number of nitrogens with one attached hydrogen (secondary N) is 2. The quantitative estimate of drug-likeness (QED) is 0.503. The third-order valence-electron chi connectivity index (χ3n) is 2.28. The van der Waals surface area contributed by atoms with Gasteiger partial charge in [0.25, 0.3) is 10.2 Å². The van der Waals surface area contributed by atoms with Crippen molar-refractivity contribution < 1.29 is 22.7 Å². The lowest BCUT2D eigenvalue weighted by molar-refractivity contribution is 0.204. The van der Waals surface area contributed by atoms with Crippen LogP contribution in [-0.2, 0) is 14.9 Å². The minimum atomic E-state index is -3.85. The Labute approximate surface area is 123 Å². The molecular formula is C13H17FN2O4S. The van der Waals surface area contributed by atoms with Gasteiger partial charge in [-0.1, -0.05) is 11.8 Å². The summed E-state index contributed by atoms with van der Waals surface area (Å²) in [6.07, 6.45) is 0.291. The molecule has 0 saturated heterocycles. The smallest absolute Gasteiger partial charge is 0.299 e. The molecule has 8 heteroatoms. The summed E-state index contributed by atoms with van der Waals surface area (Å²) >= 11 is 0. The molecule has 0 heterocycles. The number of anilines is 1. The highest BCUT2D eigenvalue weighted by atomic mass is 32.2. The fourth-order valence-corrected chi connectivity index (χ4v) is 2.23. The van der Waals surface area contributed by atoms with Gasteiger partial charge >= 0.3 is 0 Å². The average Bonchev–Trinajstić information content (AvgIpc) is 2.42. The summed E-state index contributed by atoms with van der Waals surface area (Å²) < 4.78 is 46.0. The standard InChI is InChI=1S/C13H17FN2O4S/c1-20-9-7-15-21(18,19)16-13-6-5-11(10-12(13)14)4-2-3-8-17/h5-6,10,15-17H,3,7-9H2,1H3. The Hall–Kier alpha value is -1.66. The summed E-state index contributed by atoms with van der Waals surface area (Å²) in [5, 5.41) is 8.59. The minimum absolute atomic E-state index is 0.0689. The first-order valence-electron chi connectivity index (χ1n) is 6.14.